The van der Waals surface area contributed by atoms with E-state index in [4.69, 9.17) is 59.7 Å². The van der Waals surface area contributed by atoms with Crippen molar-refractivity contribution in [1.29, 1.82) is 0 Å². The molecule has 810 valence electrons. The van der Waals surface area contributed by atoms with E-state index in [0.717, 1.165) is 24.1 Å². The van der Waals surface area contributed by atoms with Crippen molar-refractivity contribution >= 4 is 153 Å². The zero-order valence-corrected chi connectivity index (χ0v) is 83.7. The Morgan fingerprint density at radius 3 is 1.76 bits per heavy atom. The van der Waals surface area contributed by atoms with Crippen LogP contribution in [0.3, 0.4) is 0 Å². The first-order chi connectivity index (χ1) is 67.7. The number of ether oxygens (including phenoxy) is 1. The number of thioether (sulfide) groups is 1. The maximum atomic E-state index is 14.4. The number of hydrogen-bond acceptors (Lipinski definition) is 38. The zero-order chi connectivity index (χ0) is 108. The Hall–Kier alpha value is -11.5. The number of aliphatic hydroxyl groups is 4. The van der Waals surface area contributed by atoms with Gasteiger partial charge in [0.2, 0.25) is 88.6 Å². The van der Waals surface area contributed by atoms with Gasteiger partial charge in [0.05, 0.1) is 51.0 Å². The average molecular weight is 2130 g/mol. The second kappa shape index (κ2) is 60.4. The number of carbonyl (C=O) groups excluding carboxylic acids is 15. The summed E-state index contributed by atoms with van der Waals surface area (Å²) in [5.41, 5.74) is 43.4. The predicted octanol–water partition coefficient (Wildman–Crippen LogP) is -11.0. The minimum Gasteiger partial charge on any atom is -0.394 e. The second-order valence-corrected chi connectivity index (χ2v) is 39.5. The highest BCUT2D eigenvalue weighted by Crippen LogP contribution is 2.61. The predicted molar refractivity (Wildman–Crippen MR) is 508 cm³/mol. The third kappa shape index (κ3) is 43.1. The van der Waals surface area contributed by atoms with E-state index in [9.17, 15) is 126 Å². The Morgan fingerprint density at radius 2 is 1.17 bits per heavy atom. The third-order valence-corrected chi connectivity index (χ3v) is 25.8. The van der Waals surface area contributed by atoms with Crippen LogP contribution >= 0.6 is 35.2 Å². The maximum absolute atomic E-state index is 14.4. The van der Waals surface area contributed by atoms with E-state index in [1.54, 1.807) is 6.20 Å². The number of rotatable bonds is 67. The minimum absolute atomic E-state index is 0.0176. The number of phosphoric ester groups is 3. The third-order valence-electron chi connectivity index (χ3n) is 21.7. The number of primary amides is 1. The minimum atomic E-state index is -5.70. The molecule has 37 N–H and O–H groups in total. The van der Waals surface area contributed by atoms with Gasteiger partial charge in [-0.3, -0.25) is 105 Å². The summed E-state index contributed by atoms with van der Waals surface area (Å²) >= 11 is 1.34. The van der Waals surface area contributed by atoms with Gasteiger partial charge in [-0.2, -0.15) is 16.1 Å². The van der Waals surface area contributed by atoms with Gasteiger partial charge in [-0.15, -0.1) is 5.10 Å². The summed E-state index contributed by atoms with van der Waals surface area (Å²) in [6.07, 6.45) is -5.00. The lowest BCUT2D eigenvalue weighted by atomic mass is 9.87. The van der Waals surface area contributed by atoms with Crippen LogP contribution < -0.4 is 115 Å². The summed E-state index contributed by atoms with van der Waals surface area (Å²) in [6, 6.07) is -14.0. The number of carbonyl (C=O) groups is 15. The number of aromatic nitrogens is 7. The number of nitrogen functional groups attached to an aromatic ring is 1. The Kier molecular flexibility index (Phi) is 51.6. The topological polar surface area (TPSA) is 982 Å². The van der Waals surface area contributed by atoms with Crippen molar-refractivity contribution in [3.05, 3.63) is 24.5 Å². The van der Waals surface area contributed by atoms with Crippen molar-refractivity contribution in [1.82, 2.24) is 109 Å². The van der Waals surface area contributed by atoms with Crippen LogP contribution in [-0.2, 0) is 121 Å². The van der Waals surface area contributed by atoms with Crippen molar-refractivity contribution in [3.8, 4) is 0 Å². The number of unbranched alkanes of at least 4 members (excludes halogenated alkanes) is 3. The molecular formula is C78H136N31O31P3S. The summed E-state index contributed by atoms with van der Waals surface area (Å²) in [5, 5.41) is 83.2. The highest BCUT2D eigenvalue weighted by molar-refractivity contribution is 7.98. The number of aliphatic hydroxyl groups excluding tert-OH is 4. The van der Waals surface area contributed by atoms with Gasteiger partial charge in [0.25, 0.3) is 0 Å². The number of guanidine groups is 2. The fourth-order valence-electron chi connectivity index (χ4n) is 14.2. The summed E-state index contributed by atoms with van der Waals surface area (Å²) in [5.74, 6) is -13.1. The fraction of sp³-hybridized carbons (Fsp3) is 0.692. The molecule has 18 atom stereocenters. The van der Waals surface area contributed by atoms with Crippen LogP contribution in [0.2, 0.25) is 0 Å². The number of nitrogens with zero attached hydrogens (tertiary/aromatic N) is 10. The quantitative estimate of drug-likeness (QED) is 0.0108. The molecule has 144 heavy (non-hydrogen) atoms. The lowest BCUT2D eigenvalue weighted by Gasteiger charge is -2.30. The van der Waals surface area contributed by atoms with Crippen molar-refractivity contribution in [3.63, 3.8) is 0 Å². The number of fused-ring (bicyclic) bond motifs is 1. The molecule has 5 rings (SSSR count). The van der Waals surface area contributed by atoms with Gasteiger partial charge >= 0.3 is 23.5 Å². The first-order valence-electron chi connectivity index (χ1n) is 45.7. The number of amides is 15. The highest BCUT2D eigenvalue weighted by Gasteiger charge is 2.51. The molecular weight excluding hydrogens is 1990 g/mol. The molecule has 3 aromatic rings. The molecule has 5 heterocycles. The van der Waals surface area contributed by atoms with E-state index in [2.05, 4.69) is 113 Å². The molecule has 0 aromatic carbocycles. The van der Waals surface area contributed by atoms with Gasteiger partial charge in [-0.25, -0.2) is 28.6 Å². The molecule has 2 fully saturated rings. The molecule has 0 radical (unpaired) electrons. The number of likely N-dealkylation sites (tertiary alicyclic amines) is 1. The van der Waals surface area contributed by atoms with Gasteiger partial charge in [0, 0.05) is 75.7 Å². The van der Waals surface area contributed by atoms with E-state index >= 15 is 0 Å². The van der Waals surface area contributed by atoms with Gasteiger partial charge in [-0.05, 0) is 130 Å². The number of anilines is 1. The number of aliphatic imine (C=N–C) groups is 2. The van der Waals surface area contributed by atoms with E-state index in [0.29, 0.717) is 49.4 Å². The van der Waals surface area contributed by atoms with Gasteiger partial charge in [0.1, 0.15) is 96.7 Å². The monoisotopic (exact) mass is 2130 g/mol. The first kappa shape index (κ1) is 123. The maximum Gasteiger partial charge on any atom is 0.481 e. The van der Waals surface area contributed by atoms with Crippen LogP contribution in [0.1, 0.15) is 156 Å². The first-order valence-corrected chi connectivity index (χ1v) is 51.4. The Bertz CT molecular complexity index is 5030. The Balaban J connectivity index is 1.16. The largest absolute Gasteiger partial charge is 0.481 e. The van der Waals surface area contributed by atoms with E-state index < -0.39 is 248 Å². The van der Waals surface area contributed by atoms with Crippen LogP contribution in [-0.4, -0.2) is 355 Å². The molecule has 66 heteroatoms. The average Bonchev–Trinajstić information content (AvgIpc) is 1.61. The highest BCUT2D eigenvalue weighted by atomic mass is 32.2. The molecule has 2 aliphatic heterocycles. The Morgan fingerprint density at radius 1 is 0.618 bits per heavy atom. The van der Waals surface area contributed by atoms with Gasteiger partial charge < -0.3 is 165 Å². The number of hydrogen-bond donors (Lipinski definition) is 29. The van der Waals surface area contributed by atoms with Crippen molar-refractivity contribution in [2.24, 2.45) is 55.5 Å². The molecule has 0 aliphatic carbocycles. The smallest absolute Gasteiger partial charge is 0.394 e. The lowest BCUT2D eigenvalue weighted by molar-refractivity contribution is -0.142. The number of nitrogens with two attached hydrogens (primary N) is 8. The van der Waals surface area contributed by atoms with E-state index in [1.807, 2.05) is 0 Å². The van der Waals surface area contributed by atoms with Crippen LogP contribution in [0.4, 0.5) is 5.82 Å². The summed E-state index contributed by atoms with van der Waals surface area (Å²) in [4.78, 5) is 263. The number of aryl methyl sites for hydroxylation is 1. The number of phosphoric acid groups is 3. The standard InChI is InChI=1S/C78H136N31O31P3S/c1-41(96-44(4)112)65(119)100-49(19-13-25-89-76(83)84)68(122)101-48(17-8-11-24-80)69(123)103-51(35-110)70(124)104-57(43(3)111)72(126)92-32-55(114)91-33-56(115)98-47(66(120)97-42(2)74(128)108-30-15-21-52(108)71(125)102-50(20-14-26-90-77(85)86)67(121)99-46(63(82)118)16-7-10-23-79)18-9-12-29-107-34-45(105-106-107)37-144-31-28-87-54(113)22-27-88-73(127)61(117)78(5,6)38-137-143(134,135)140-142(132,133)136-36-53-60(139-141(129,130)131)59(116)75(138-53)109-40-95-58-62(81)93-39-94-64(58)109/h34,39-43,46-53,57,59-61,75,110-111,116-117H,7-33,35-38,79-80H2,1-6H3,(H2,82,118)(H,87,113)(H,88,127)(H,91,114)(H,92,126)(H,96,112)(H,97,120)(H,98,115)(H,99,121)(H,100,119)(H,101,122)(H,102,125)(H,103,123)(H,104,124)(H,132,133)(H,134,135)(H2,81,93,94)(H4,83,84,89)(H4,85,86,90)(H2,129,130,131)/t41-,42-,43+,46-,47-,48-,49-,50-,51-,52-,53+,57-,59+,60+,61+,75+/m0/s1. The molecule has 62 nitrogen and oxygen atoms in total. The summed E-state index contributed by atoms with van der Waals surface area (Å²) in [6.45, 7) is 2.92. The van der Waals surface area contributed by atoms with Crippen molar-refractivity contribution < 1.29 is 148 Å². The van der Waals surface area contributed by atoms with Crippen LogP contribution in [0, 0.1) is 5.41 Å². The SMILES string of the molecule is CC(=O)N[C@@H](C)C(=O)N[C@@H](CCCN=C(N)N)C(=O)N[C@@H](CCCCN)C(=O)N[C@@H](CO)C(=O)N[C@H](C(=O)NCC(=O)NCC(=O)N[C@@H](CCCCn1cc(CSCCNC(=O)CCNC(=O)[C@@H](O)C(C)(C)COP(=O)(O)OP(=O)(O)OC[C@H]2O[C@@H](n3cnc4c(N)ncnc43)[C@H](O)[C@@H]2OP(=O)(O)O)nn1)C(=O)N[C@@H](C)C(=O)N1CCC[C@H]1C(=O)N[C@@H](CCCN=C(N)N)C(=O)N[C@@H](CCCCN)C(N)=O)[C@@H](C)O. The van der Waals surface area contributed by atoms with Gasteiger partial charge in [-0.1, -0.05) is 19.1 Å². The molecule has 2 saturated heterocycles. The van der Waals surface area contributed by atoms with E-state index in [-0.39, 0.29) is 152 Å². The van der Waals surface area contributed by atoms with Crippen LogP contribution in [0.5, 0.6) is 0 Å². The van der Waals surface area contributed by atoms with Crippen molar-refractivity contribution in [2.45, 2.75) is 254 Å². The Labute approximate surface area is 829 Å². The van der Waals surface area contributed by atoms with Gasteiger partial charge in [0.15, 0.2) is 29.6 Å². The normalized spacial score (nSPS) is 18.4. The zero-order valence-electron chi connectivity index (χ0n) is 80.2. The van der Waals surface area contributed by atoms with Crippen LogP contribution in [0.25, 0.3) is 11.2 Å². The summed E-state index contributed by atoms with van der Waals surface area (Å²) < 4.78 is 64.7. The van der Waals surface area contributed by atoms with E-state index in [1.165, 1.54) is 56.0 Å². The lowest BCUT2D eigenvalue weighted by Crippen LogP contribution is -2.61. The number of nitrogens with one attached hydrogen (secondary N) is 13. The molecule has 2 aliphatic rings. The number of imidazole rings is 1. The molecule has 3 aromatic heterocycles. The molecule has 0 bridgehead atoms. The van der Waals surface area contributed by atoms with Crippen LogP contribution in [0.15, 0.2) is 28.8 Å². The molecule has 2 unspecified atom stereocenters. The summed E-state index contributed by atoms with van der Waals surface area (Å²) in [7, 11) is -16.8. The second-order valence-electron chi connectivity index (χ2n) is 34.1. The molecule has 0 saturated carbocycles. The van der Waals surface area contributed by atoms with Crippen molar-refractivity contribution in [2.75, 3.05) is 90.2 Å². The molecule has 15 amide bonds. The fourth-order valence-corrected chi connectivity index (χ4v) is 17.7. The molecule has 0 spiro atoms.